The van der Waals surface area contributed by atoms with Crippen LogP contribution in [0.3, 0.4) is 0 Å². The van der Waals surface area contributed by atoms with Crippen molar-refractivity contribution < 1.29 is 13.7 Å². The second kappa shape index (κ2) is 6.68. The predicted molar refractivity (Wildman–Crippen MR) is 88.1 cm³/mol. The second-order valence-electron chi connectivity index (χ2n) is 6.22. The van der Waals surface area contributed by atoms with Crippen molar-refractivity contribution in [2.45, 2.75) is 19.8 Å². The first-order valence-electron chi connectivity index (χ1n) is 8.19. The number of nitrogens with zero attached hydrogens (tertiary/aromatic N) is 4. The summed E-state index contributed by atoms with van der Waals surface area (Å²) in [6.07, 6.45) is 3.14. The van der Waals surface area contributed by atoms with Crippen LogP contribution in [0.5, 0.6) is 0 Å². The number of aromatic nitrogens is 4. The SMILES string of the molecule is Cc1cc(CC2CCOC2)cc(-c2noc(-c3ccc(F)cn3)n2)n1. The molecule has 0 bridgehead atoms. The number of hydrogen-bond donors (Lipinski definition) is 0. The Labute approximate surface area is 144 Å². The average molecular weight is 340 g/mol. The average Bonchev–Trinajstić information content (AvgIpc) is 3.27. The highest BCUT2D eigenvalue weighted by Gasteiger charge is 2.18. The summed E-state index contributed by atoms with van der Waals surface area (Å²) >= 11 is 0. The Balaban J connectivity index is 1.61. The summed E-state index contributed by atoms with van der Waals surface area (Å²) in [4.78, 5) is 12.8. The number of hydrogen-bond acceptors (Lipinski definition) is 6. The minimum atomic E-state index is -0.413. The van der Waals surface area contributed by atoms with E-state index in [1.165, 1.54) is 17.7 Å². The molecule has 3 aromatic rings. The molecule has 1 saturated heterocycles. The van der Waals surface area contributed by atoms with Crippen molar-refractivity contribution in [3.8, 4) is 23.1 Å². The molecule has 0 aromatic carbocycles. The van der Waals surface area contributed by atoms with Gasteiger partial charge in [-0.25, -0.2) is 14.4 Å². The molecular weight excluding hydrogens is 323 g/mol. The summed E-state index contributed by atoms with van der Waals surface area (Å²) < 4.78 is 23.7. The summed E-state index contributed by atoms with van der Waals surface area (Å²) in [5.41, 5.74) is 3.17. The van der Waals surface area contributed by atoms with Gasteiger partial charge in [-0.1, -0.05) is 5.16 Å². The smallest absolute Gasteiger partial charge is 0.276 e. The van der Waals surface area contributed by atoms with Crippen LogP contribution in [-0.2, 0) is 11.2 Å². The van der Waals surface area contributed by atoms with Gasteiger partial charge in [0.05, 0.1) is 6.20 Å². The topological polar surface area (TPSA) is 73.9 Å². The van der Waals surface area contributed by atoms with E-state index in [9.17, 15) is 4.39 Å². The molecule has 1 aliphatic heterocycles. The van der Waals surface area contributed by atoms with E-state index in [-0.39, 0.29) is 5.89 Å². The Morgan fingerprint density at radius 3 is 2.88 bits per heavy atom. The molecule has 1 atom stereocenters. The zero-order valence-electron chi connectivity index (χ0n) is 13.8. The van der Waals surface area contributed by atoms with Gasteiger partial charge in [0.25, 0.3) is 5.89 Å². The molecule has 0 aliphatic carbocycles. The lowest BCUT2D eigenvalue weighted by Crippen LogP contribution is -2.04. The number of aryl methyl sites for hydroxylation is 1. The lowest BCUT2D eigenvalue weighted by molar-refractivity contribution is 0.186. The van der Waals surface area contributed by atoms with Gasteiger partial charge in [-0.15, -0.1) is 0 Å². The van der Waals surface area contributed by atoms with Crippen molar-refractivity contribution in [2.75, 3.05) is 13.2 Å². The zero-order chi connectivity index (χ0) is 17.2. The molecule has 1 fully saturated rings. The Bertz CT molecular complexity index is 873. The third-order valence-corrected chi connectivity index (χ3v) is 4.16. The van der Waals surface area contributed by atoms with E-state index in [2.05, 4.69) is 26.2 Å². The molecule has 0 N–H and O–H groups in total. The van der Waals surface area contributed by atoms with Gasteiger partial charge in [-0.05, 0) is 55.5 Å². The lowest BCUT2D eigenvalue weighted by Gasteiger charge is -2.09. The maximum Gasteiger partial charge on any atom is 0.276 e. The first-order valence-corrected chi connectivity index (χ1v) is 8.19. The third kappa shape index (κ3) is 3.56. The van der Waals surface area contributed by atoms with E-state index >= 15 is 0 Å². The second-order valence-corrected chi connectivity index (χ2v) is 6.22. The first-order chi connectivity index (χ1) is 12.2. The Hall–Kier alpha value is -2.67. The largest absolute Gasteiger partial charge is 0.381 e. The Morgan fingerprint density at radius 1 is 1.20 bits per heavy atom. The van der Waals surface area contributed by atoms with Crippen LogP contribution in [0.1, 0.15) is 17.7 Å². The fraction of sp³-hybridized carbons (Fsp3) is 0.333. The van der Waals surface area contributed by atoms with Crippen molar-refractivity contribution in [3.63, 3.8) is 0 Å². The van der Waals surface area contributed by atoms with Crippen LogP contribution in [0.15, 0.2) is 35.0 Å². The van der Waals surface area contributed by atoms with Crippen LogP contribution in [-0.4, -0.2) is 33.3 Å². The van der Waals surface area contributed by atoms with Gasteiger partial charge >= 0.3 is 0 Å². The molecule has 0 radical (unpaired) electrons. The van der Waals surface area contributed by atoms with E-state index < -0.39 is 5.82 Å². The monoisotopic (exact) mass is 340 g/mol. The van der Waals surface area contributed by atoms with Gasteiger partial charge in [0.2, 0.25) is 5.82 Å². The summed E-state index contributed by atoms with van der Waals surface area (Å²) in [7, 11) is 0. The van der Waals surface area contributed by atoms with Crippen LogP contribution in [0.25, 0.3) is 23.1 Å². The normalized spacial score (nSPS) is 17.1. The van der Waals surface area contributed by atoms with Crippen molar-refractivity contribution >= 4 is 0 Å². The number of halogens is 1. The molecule has 0 saturated carbocycles. The first kappa shape index (κ1) is 15.8. The molecule has 3 aromatic heterocycles. The van der Waals surface area contributed by atoms with Crippen molar-refractivity contribution in [1.29, 1.82) is 0 Å². The van der Waals surface area contributed by atoms with Gasteiger partial charge in [-0.2, -0.15) is 4.98 Å². The maximum atomic E-state index is 13.0. The zero-order valence-corrected chi connectivity index (χ0v) is 13.8. The Kier molecular flexibility index (Phi) is 4.23. The van der Waals surface area contributed by atoms with Gasteiger partial charge in [0.15, 0.2) is 0 Å². The van der Waals surface area contributed by atoms with Crippen LogP contribution >= 0.6 is 0 Å². The number of ether oxygens (including phenoxy) is 1. The van der Waals surface area contributed by atoms with E-state index in [0.29, 0.717) is 23.1 Å². The summed E-state index contributed by atoms with van der Waals surface area (Å²) in [5, 5.41) is 3.99. The molecule has 1 unspecified atom stereocenters. The maximum absolute atomic E-state index is 13.0. The molecular formula is C18H17FN4O2. The highest BCUT2D eigenvalue weighted by molar-refractivity contribution is 5.55. The Morgan fingerprint density at radius 2 is 2.12 bits per heavy atom. The summed E-state index contributed by atoms with van der Waals surface area (Å²) in [5.74, 6) is 0.765. The molecule has 4 rings (SSSR count). The van der Waals surface area contributed by atoms with E-state index in [0.717, 1.165) is 37.9 Å². The molecule has 4 heterocycles. The van der Waals surface area contributed by atoms with E-state index in [4.69, 9.17) is 9.26 Å². The minimum Gasteiger partial charge on any atom is -0.381 e. The fourth-order valence-corrected chi connectivity index (χ4v) is 2.98. The van der Waals surface area contributed by atoms with Gasteiger partial charge in [0.1, 0.15) is 17.2 Å². The van der Waals surface area contributed by atoms with Gasteiger partial charge in [0, 0.05) is 18.9 Å². The molecule has 128 valence electrons. The van der Waals surface area contributed by atoms with Crippen LogP contribution < -0.4 is 0 Å². The van der Waals surface area contributed by atoms with E-state index in [1.807, 2.05) is 13.0 Å². The number of rotatable bonds is 4. The van der Waals surface area contributed by atoms with Gasteiger partial charge < -0.3 is 9.26 Å². The van der Waals surface area contributed by atoms with Crippen molar-refractivity contribution in [2.24, 2.45) is 5.92 Å². The highest BCUT2D eigenvalue weighted by atomic mass is 19.1. The number of pyridine rings is 2. The highest BCUT2D eigenvalue weighted by Crippen LogP contribution is 2.24. The fourth-order valence-electron chi connectivity index (χ4n) is 2.98. The standard InChI is InChI=1S/C18H17FN4O2/c1-11-6-13(7-12-4-5-24-10-12)8-16(21-11)17-22-18(25-23-17)15-3-2-14(19)9-20-15/h2-3,6,8-9,12H,4-5,7,10H2,1H3. The summed E-state index contributed by atoms with van der Waals surface area (Å²) in [6.45, 7) is 3.58. The van der Waals surface area contributed by atoms with Crippen LogP contribution in [0.2, 0.25) is 0 Å². The van der Waals surface area contributed by atoms with E-state index in [1.54, 1.807) is 0 Å². The molecule has 6 nitrogen and oxygen atoms in total. The molecule has 1 aliphatic rings. The molecule has 0 spiro atoms. The van der Waals surface area contributed by atoms with Crippen molar-refractivity contribution in [3.05, 3.63) is 47.5 Å². The minimum absolute atomic E-state index is 0.240. The van der Waals surface area contributed by atoms with Gasteiger partial charge in [-0.3, -0.25) is 0 Å². The molecule has 7 heteroatoms. The third-order valence-electron chi connectivity index (χ3n) is 4.16. The van der Waals surface area contributed by atoms with Crippen molar-refractivity contribution in [1.82, 2.24) is 20.1 Å². The van der Waals surface area contributed by atoms with Crippen LogP contribution in [0, 0.1) is 18.7 Å². The molecule has 0 amide bonds. The predicted octanol–water partition coefficient (Wildman–Crippen LogP) is 3.22. The summed E-state index contributed by atoms with van der Waals surface area (Å²) in [6, 6.07) is 6.86. The lowest BCUT2D eigenvalue weighted by atomic mass is 9.98. The molecule has 25 heavy (non-hydrogen) atoms. The van der Waals surface area contributed by atoms with Crippen LogP contribution in [0.4, 0.5) is 4.39 Å². The quantitative estimate of drug-likeness (QED) is 0.726.